The molecule has 8 heteroatoms. The minimum Gasteiger partial charge on any atom is -0.481 e. The van der Waals surface area contributed by atoms with Crippen LogP contribution in [0.5, 0.6) is 5.88 Å². The summed E-state index contributed by atoms with van der Waals surface area (Å²) < 4.78 is 4.86. The molecular weight excluding hydrogens is 266 g/mol. The third-order valence-corrected chi connectivity index (χ3v) is 2.25. The SMILES string of the molecule is COc1ccc(NC(=O)NC(=O)CCCC(=O)O)cn1. The maximum atomic E-state index is 11.5. The van der Waals surface area contributed by atoms with Crippen LogP contribution in [0.4, 0.5) is 10.5 Å². The van der Waals surface area contributed by atoms with E-state index in [-0.39, 0.29) is 19.3 Å². The summed E-state index contributed by atoms with van der Waals surface area (Å²) in [6, 6.07) is 2.43. The van der Waals surface area contributed by atoms with Crippen molar-refractivity contribution in [1.29, 1.82) is 0 Å². The van der Waals surface area contributed by atoms with Gasteiger partial charge in [0, 0.05) is 18.9 Å². The molecule has 1 aromatic heterocycles. The molecule has 0 aliphatic carbocycles. The normalized spacial score (nSPS) is 9.65. The van der Waals surface area contributed by atoms with E-state index in [1.807, 2.05) is 0 Å². The van der Waals surface area contributed by atoms with Gasteiger partial charge in [-0.3, -0.25) is 14.9 Å². The fraction of sp³-hybridized carbons (Fsp3) is 0.333. The van der Waals surface area contributed by atoms with Crippen LogP contribution in [-0.4, -0.2) is 35.1 Å². The number of imide groups is 1. The highest BCUT2D eigenvalue weighted by molar-refractivity contribution is 6.01. The molecule has 20 heavy (non-hydrogen) atoms. The van der Waals surface area contributed by atoms with Gasteiger partial charge in [0.1, 0.15) is 0 Å². The molecule has 0 fully saturated rings. The number of amides is 3. The van der Waals surface area contributed by atoms with Gasteiger partial charge in [-0.05, 0) is 12.5 Å². The largest absolute Gasteiger partial charge is 0.481 e. The lowest BCUT2D eigenvalue weighted by Gasteiger charge is -2.06. The standard InChI is InChI=1S/C12H15N3O5/c1-20-10-6-5-8(7-13-10)14-12(19)15-9(16)3-2-4-11(17)18/h5-7H,2-4H2,1H3,(H,17,18)(H2,14,15,16,19). The highest BCUT2D eigenvalue weighted by Crippen LogP contribution is 2.10. The van der Waals surface area contributed by atoms with Crippen molar-refractivity contribution in [2.75, 3.05) is 12.4 Å². The quantitative estimate of drug-likeness (QED) is 0.715. The molecule has 3 N–H and O–H groups in total. The number of hydrogen-bond donors (Lipinski definition) is 3. The topological polar surface area (TPSA) is 118 Å². The lowest BCUT2D eigenvalue weighted by Crippen LogP contribution is -2.34. The number of nitrogens with one attached hydrogen (secondary N) is 2. The van der Waals surface area contributed by atoms with Crippen molar-refractivity contribution in [3.05, 3.63) is 18.3 Å². The number of carboxylic acid groups (broad SMARTS) is 1. The molecular formula is C12H15N3O5. The van der Waals surface area contributed by atoms with E-state index in [1.165, 1.54) is 13.3 Å². The van der Waals surface area contributed by atoms with Crippen LogP contribution in [0.25, 0.3) is 0 Å². The molecule has 0 spiro atoms. The number of carbonyl (C=O) groups excluding carboxylic acids is 2. The Bertz CT molecular complexity index is 486. The first-order valence-electron chi connectivity index (χ1n) is 5.84. The smallest absolute Gasteiger partial charge is 0.325 e. The molecule has 0 aromatic carbocycles. The maximum Gasteiger partial charge on any atom is 0.325 e. The van der Waals surface area contributed by atoms with Gasteiger partial charge in [-0.2, -0.15) is 0 Å². The second-order valence-electron chi connectivity index (χ2n) is 3.84. The predicted molar refractivity (Wildman–Crippen MR) is 69.4 cm³/mol. The summed E-state index contributed by atoms with van der Waals surface area (Å²) in [6.07, 6.45) is 1.42. The summed E-state index contributed by atoms with van der Waals surface area (Å²) in [7, 11) is 1.47. The van der Waals surface area contributed by atoms with Crippen molar-refractivity contribution in [3.8, 4) is 5.88 Å². The fourth-order valence-corrected chi connectivity index (χ4v) is 1.33. The number of anilines is 1. The van der Waals surface area contributed by atoms with Gasteiger partial charge in [-0.15, -0.1) is 0 Å². The van der Waals surface area contributed by atoms with Crippen LogP contribution in [0.2, 0.25) is 0 Å². The average Bonchev–Trinajstić information content (AvgIpc) is 2.38. The van der Waals surface area contributed by atoms with E-state index < -0.39 is 17.9 Å². The van der Waals surface area contributed by atoms with Gasteiger partial charge in [0.2, 0.25) is 11.8 Å². The lowest BCUT2D eigenvalue weighted by atomic mass is 10.2. The van der Waals surface area contributed by atoms with Crippen molar-refractivity contribution >= 4 is 23.6 Å². The van der Waals surface area contributed by atoms with Crippen LogP contribution in [0.1, 0.15) is 19.3 Å². The Labute approximate surface area is 115 Å². The number of ether oxygens (including phenoxy) is 1. The van der Waals surface area contributed by atoms with E-state index >= 15 is 0 Å². The molecule has 0 aliphatic rings. The Morgan fingerprint density at radius 1 is 1.30 bits per heavy atom. The minimum atomic E-state index is -0.980. The summed E-state index contributed by atoms with van der Waals surface area (Å²) in [6.45, 7) is 0. The number of aromatic nitrogens is 1. The first kappa shape index (κ1) is 15.4. The number of hydrogen-bond acceptors (Lipinski definition) is 5. The van der Waals surface area contributed by atoms with E-state index in [1.54, 1.807) is 12.1 Å². The molecule has 0 saturated heterocycles. The summed E-state index contributed by atoms with van der Waals surface area (Å²) in [5.41, 5.74) is 0.404. The maximum absolute atomic E-state index is 11.5. The minimum absolute atomic E-state index is 0.0272. The number of carboxylic acids is 1. The van der Waals surface area contributed by atoms with E-state index in [9.17, 15) is 14.4 Å². The molecule has 0 unspecified atom stereocenters. The molecule has 3 amide bonds. The highest BCUT2D eigenvalue weighted by atomic mass is 16.5. The van der Waals surface area contributed by atoms with Gasteiger partial charge in [-0.1, -0.05) is 0 Å². The predicted octanol–water partition coefficient (Wildman–Crippen LogP) is 0.993. The van der Waals surface area contributed by atoms with E-state index in [0.29, 0.717) is 11.6 Å². The van der Waals surface area contributed by atoms with Crippen LogP contribution in [-0.2, 0) is 9.59 Å². The summed E-state index contributed by atoms with van der Waals surface area (Å²) in [5.74, 6) is -1.11. The van der Waals surface area contributed by atoms with Crippen molar-refractivity contribution in [1.82, 2.24) is 10.3 Å². The third kappa shape index (κ3) is 5.80. The second-order valence-corrected chi connectivity index (χ2v) is 3.84. The van der Waals surface area contributed by atoms with Crippen molar-refractivity contribution in [2.24, 2.45) is 0 Å². The molecule has 0 radical (unpaired) electrons. The second kappa shape index (κ2) is 7.72. The van der Waals surface area contributed by atoms with Gasteiger partial charge in [0.05, 0.1) is 19.0 Å². The zero-order valence-corrected chi connectivity index (χ0v) is 10.9. The van der Waals surface area contributed by atoms with E-state index in [2.05, 4.69) is 15.6 Å². The first-order valence-corrected chi connectivity index (χ1v) is 5.84. The third-order valence-electron chi connectivity index (χ3n) is 2.25. The van der Waals surface area contributed by atoms with Gasteiger partial charge in [-0.25, -0.2) is 9.78 Å². The Balaban J connectivity index is 2.34. The van der Waals surface area contributed by atoms with E-state index in [4.69, 9.17) is 9.84 Å². The van der Waals surface area contributed by atoms with Gasteiger partial charge in [0.15, 0.2) is 0 Å². The first-order chi connectivity index (χ1) is 9.51. The van der Waals surface area contributed by atoms with Crippen molar-refractivity contribution < 1.29 is 24.2 Å². The number of urea groups is 1. The average molecular weight is 281 g/mol. The highest BCUT2D eigenvalue weighted by Gasteiger charge is 2.09. The van der Waals surface area contributed by atoms with Gasteiger partial charge < -0.3 is 15.2 Å². The van der Waals surface area contributed by atoms with Crippen LogP contribution in [0.15, 0.2) is 18.3 Å². The lowest BCUT2D eigenvalue weighted by molar-refractivity contribution is -0.137. The summed E-state index contributed by atoms with van der Waals surface area (Å²) >= 11 is 0. The van der Waals surface area contributed by atoms with Crippen molar-refractivity contribution in [2.45, 2.75) is 19.3 Å². The van der Waals surface area contributed by atoms with Gasteiger partial charge in [0.25, 0.3) is 0 Å². The van der Waals surface area contributed by atoms with Crippen LogP contribution in [0, 0.1) is 0 Å². The van der Waals surface area contributed by atoms with Crippen LogP contribution < -0.4 is 15.4 Å². The number of carbonyl (C=O) groups is 3. The Hall–Kier alpha value is -2.64. The number of rotatable bonds is 6. The Morgan fingerprint density at radius 3 is 2.60 bits per heavy atom. The van der Waals surface area contributed by atoms with Crippen molar-refractivity contribution in [3.63, 3.8) is 0 Å². The summed E-state index contributed by atoms with van der Waals surface area (Å²) in [4.78, 5) is 36.9. The molecule has 108 valence electrons. The number of methoxy groups -OCH3 is 1. The van der Waals surface area contributed by atoms with E-state index in [0.717, 1.165) is 0 Å². The van der Waals surface area contributed by atoms with Crippen LogP contribution in [0.3, 0.4) is 0 Å². The number of nitrogens with zero attached hydrogens (tertiary/aromatic N) is 1. The molecule has 0 atom stereocenters. The molecule has 1 heterocycles. The van der Waals surface area contributed by atoms with Gasteiger partial charge >= 0.3 is 12.0 Å². The molecule has 8 nitrogen and oxygen atoms in total. The Morgan fingerprint density at radius 2 is 2.05 bits per heavy atom. The molecule has 1 rings (SSSR count). The molecule has 0 aliphatic heterocycles. The monoisotopic (exact) mass is 281 g/mol. The number of aliphatic carboxylic acids is 1. The zero-order valence-electron chi connectivity index (χ0n) is 10.9. The Kier molecular flexibility index (Phi) is 5.95. The molecule has 0 saturated carbocycles. The fourth-order valence-electron chi connectivity index (χ4n) is 1.33. The zero-order chi connectivity index (χ0) is 15.0. The number of pyridine rings is 1. The summed E-state index contributed by atoms with van der Waals surface area (Å²) in [5, 5.41) is 12.9. The van der Waals surface area contributed by atoms with Crippen LogP contribution >= 0.6 is 0 Å². The molecule has 1 aromatic rings. The molecule has 0 bridgehead atoms.